The fourth-order valence-corrected chi connectivity index (χ4v) is 2.29. The van der Waals surface area contributed by atoms with E-state index in [9.17, 15) is 9.59 Å². The van der Waals surface area contributed by atoms with Gasteiger partial charge in [0, 0.05) is 25.2 Å². The lowest BCUT2D eigenvalue weighted by atomic mass is 10.2. The standard InChI is InChI=1S/C15H12N8O4/c24-12(26-22-10-4-2-8-16-14(10)18-20-22)6-1-7-13(25)27-23-11-5-3-9-17-15(11)19-21-23/h2-5,8-9H,1,6-7H2. The Balaban J connectivity index is 1.28. The second-order valence-electron chi connectivity index (χ2n) is 5.40. The Morgan fingerprint density at radius 2 is 1.30 bits per heavy atom. The van der Waals surface area contributed by atoms with Crippen molar-refractivity contribution in [1.29, 1.82) is 0 Å². The molecule has 4 heterocycles. The third-order valence-electron chi connectivity index (χ3n) is 3.52. The van der Waals surface area contributed by atoms with Crippen LogP contribution in [0.3, 0.4) is 0 Å². The molecule has 0 aliphatic heterocycles. The maximum Gasteiger partial charge on any atom is 0.335 e. The maximum atomic E-state index is 11.9. The molecule has 0 saturated carbocycles. The topological polar surface area (TPSA) is 140 Å². The zero-order valence-corrected chi connectivity index (χ0v) is 13.8. The summed E-state index contributed by atoms with van der Waals surface area (Å²) in [5.41, 5.74) is 1.67. The molecule has 4 aromatic heterocycles. The van der Waals surface area contributed by atoms with Crippen molar-refractivity contribution >= 4 is 34.3 Å². The molecule has 12 nitrogen and oxygen atoms in total. The number of hydrogen-bond donors (Lipinski definition) is 0. The van der Waals surface area contributed by atoms with E-state index < -0.39 is 11.9 Å². The number of rotatable bonds is 6. The molecule has 4 aromatic rings. The van der Waals surface area contributed by atoms with Crippen molar-refractivity contribution in [3.05, 3.63) is 36.7 Å². The van der Waals surface area contributed by atoms with Crippen LogP contribution in [0, 0.1) is 0 Å². The Kier molecular flexibility index (Phi) is 4.35. The van der Waals surface area contributed by atoms with Gasteiger partial charge in [-0.05, 0) is 41.1 Å². The number of pyridine rings is 2. The molecule has 4 rings (SSSR count). The highest BCUT2D eigenvalue weighted by Crippen LogP contribution is 2.07. The maximum absolute atomic E-state index is 11.9. The SMILES string of the molecule is O=C(CCCC(=O)On1nnc2ncccc21)On1nnc2ncccc21. The van der Waals surface area contributed by atoms with Crippen LogP contribution in [0.4, 0.5) is 0 Å². The van der Waals surface area contributed by atoms with Gasteiger partial charge < -0.3 is 9.68 Å². The Morgan fingerprint density at radius 1 is 0.815 bits per heavy atom. The Hall–Kier alpha value is -3.96. The van der Waals surface area contributed by atoms with Crippen molar-refractivity contribution in [1.82, 2.24) is 40.3 Å². The molecule has 0 radical (unpaired) electrons. The average Bonchev–Trinajstić information content (AvgIpc) is 3.27. The van der Waals surface area contributed by atoms with Crippen LogP contribution in [0.5, 0.6) is 0 Å². The average molecular weight is 368 g/mol. The van der Waals surface area contributed by atoms with Crippen molar-refractivity contribution in [2.24, 2.45) is 0 Å². The van der Waals surface area contributed by atoms with E-state index in [1.54, 1.807) is 36.7 Å². The summed E-state index contributed by atoms with van der Waals surface area (Å²) in [5.74, 6) is -1.12. The lowest BCUT2D eigenvalue weighted by Gasteiger charge is -2.04. The van der Waals surface area contributed by atoms with E-state index in [0.29, 0.717) is 22.3 Å². The fourth-order valence-electron chi connectivity index (χ4n) is 2.29. The lowest BCUT2D eigenvalue weighted by molar-refractivity contribution is -0.147. The Morgan fingerprint density at radius 3 is 1.78 bits per heavy atom. The number of fused-ring (bicyclic) bond motifs is 2. The van der Waals surface area contributed by atoms with Crippen molar-refractivity contribution in [2.75, 3.05) is 0 Å². The van der Waals surface area contributed by atoms with E-state index in [1.165, 1.54) is 0 Å². The summed E-state index contributed by atoms with van der Waals surface area (Å²) in [7, 11) is 0. The third-order valence-corrected chi connectivity index (χ3v) is 3.52. The van der Waals surface area contributed by atoms with Gasteiger partial charge >= 0.3 is 11.9 Å². The zero-order valence-electron chi connectivity index (χ0n) is 13.8. The van der Waals surface area contributed by atoms with E-state index in [1.807, 2.05) is 0 Å². The van der Waals surface area contributed by atoms with Crippen LogP contribution >= 0.6 is 0 Å². The molecule has 0 N–H and O–H groups in total. The first-order valence-electron chi connectivity index (χ1n) is 7.96. The molecule has 0 saturated heterocycles. The van der Waals surface area contributed by atoms with Crippen LogP contribution in [-0.2, 0) is 9.59 Å². The van der Waals surface area contributed by atoms with Crippen LogP contribution in [0.25, 0.3) is 22.3 Å². The molecule has 0 aliphatic carbocycles. The van der Waals surface area contributed by atoms with Crippen LogP contribution in [0.1, 0.15) is 19.3 Å². The molecule has 0 spiro atoms. The van der Waals surface area contributed by atoms with Crippen LogP contribution in [0.15, 0.2) is 36.7 Å². The van der Waals surface area contributed by atoms with E-state index >= 15 is 0 Å². The van der Waals surface area contributed by atoms with Crippen LogP contribution in [0.2, 0.25) is 0 Å². The molecule has 0 amide bonds. The second-order valence-corrected chi connectivity index (χ2v) is 5.40. The first-order chi connectivity index (χ1) is 13.2. The Bertz CT molecular complexity index is 1030. The van der Waals surface area contributed by atoms with Crippen LogP contribution in [-0.4, -0.2) is 52.2 Å². The first-order valence-corrected chi connectivity index (χ1v) is 7.96. The van der Waals surface area contributed by atoms with Gasteiger partial charge in [-0.3, -0.25) is 0 Å². The number of hydrogen-bond acceptors (Lipinski definition) is 10. The van der Waals surface area contributed by atoms with Gasteiger partial charge in [-0.1, -0.05) is 9.69 Å². The van der Waals surface area contributed by atoms with E-state index in [-0.39, 0.29) is 19.3 Å². The summed E-state index contributed by atoms with van der Waals surface area (Å²) >= 11 is 0. The molecular weight excluding hydrogens is 356 g/mol. The summed E-state index contributed by atoms with van der Waals surface area (Å²) in [6.07, 6.45) is 3.34. The van der Waals surface area contributed by atoms with Gasteiger partial charge in [-0.25, -0.2) is 19.6 Å². The molecule has 0 atom stereocenters. The number of aromatic nitrogens is 8. The van der Waals surface area contributed by atoms with Gasteiger partial charge in [0.2, 0.25) is 11.3 Å². The van der Waals surface area contributed by atoms with Crippen molar-refractivity contribution in [3.8, 4) is 0 Å². The molecule has 136 valence electrons. The summed E-state index contributed by atoms with van der Waals surface area (Å²) in [6.45, 7) is 0. The van der Waals surface area contributed by atoms with Gasteiger partial charge in [-0.2, -0.15) is 0 Å². The quantitative estimate of drug-likeness (QED) is 0.418. The minimum Gasteiger partial charge on any atom is -0.317 e. The highest BCUT2D eigenvalue weighted by Gasteiger charge is 2.14. The normalized spacial score (nSPS) is 11.0. The second kappa shape index (κ2) is 7.11. The highest BCUT2D eigenvalue weighted by atomic mass is 16.7. The molecule has 0 fully saturated rings. The van der Waals surface area contributed by atoms with Gasteiger partial charge in [0.1, 0.15) is 0 Å². The van der Waals surface area contributed by atoms with Gasteiger partial charge in [0.05, 0.1) is 0 Å². The van der Waals surface area contributed by atoms with Gasteiger partial charge in [-0.15, -0.1) is 10.2 Å². The molecule has 0 bridgehead atoms. The van der Waals surface area contributed by atoms with Crippen molar-refractivity contribution in [2.45, 2.75) is 19.3 Å². The first kappa shape index (κ1) is 16.5. The zero-order chi connectivity index (χ0) is 18.6. The summed E-state index contributed by atoms with van der Waals surface area (Å²) in [5, 5.41) is 15.0. The highest BCUT2D eigenvalue weighted by molar-refractivity contribution is 5.75. The minimum atomic E-state index is -0.561. The van der Waals surface area contributed by atoms with Gasteiger partial charge in [0.25, 0.3) is 0 Å². The van der Waals surface area contributed by atoms with E-state index in [4.69, 9.17) is 9.68 Å². The van der Waals surface area contributed by atoms with Crippen molar-refractivity contribution < 1.29 is 19.3 Å². The molecule has 0 unspecified atom stereocenters. The van der Waals surface area contributed by atoms with E-state index in [2.05, 4.69) is 30.6 Å². The monoisotopic (exact) mass is 368 g/mol. The molecule has 0 aromatic carbocycles. The summed E-state index contributed by atoms with van der Waals surface area (Å²) < 4.78 is 0. The fraction of sp³-hybridized carbons (Fsp3) is 0.200. The van der Waals surface area contributed by atoms with Crippen LogP contribution < -0.4 is 9.68 Å². The predicted molar refractivity (Wildman–Crippen MR) is 87.7 cm³/mol. The summed E-state index contributed by atoms with van der Waals surface area (Å²) in [4.78, 5) is 44.0. The molecular formula is C15H12N8O4. The van der Waals surface area contributed by atoms with Gasteiger partial charge in [0.15, 0.2) is 11.0 Å². The molecule has 0 aliphatic rings. The third kappa shape index (κ3) is 3.53. The number of carbonyl (C=O) groups is 2. The molecule has 12 heteroatoms. The number of nitrogens with zero attached hydrogens (tertiary/aromatic N) is 8. The predicted octanol–water partition coefficient (Wildman–Crippen LogP) is -0.253. The minimum absolute atomic E-state index is 0.00360. The lowest BCUT2D eigenvalue weighted by Crippen LogP contribution is -2.23. The Labute approximate surface area is 150 Å². The summed E-state index contributed by atoms with van der Waals surface area (Å²) in [6, 6.07) is 6.69. The van der Waals surface area contributed by atoms with E-state index in [0.717, 1.165) is 9.69 Å². The smallest absolute Gasteiger partial charge is 0.317 e. The largest absolute Gasteiger partial charge is 0.335 e. The molecule has 27 heavy (non-hydrogen) atoms. The van der Waals surface area contributed by atoms with Crippen molar-refractivity contribution in [3.63, 3.8) is 0 Å². The number of carbonyl (C=O) groups excluding carboxylic acids is 2.